The van der Waals surface area contributed by atoms with Crippen LogP contribution < -0.4 is 0 Å². The molecule has 1 aliphatic rings. The molecule has 0 saturated heterocycles. The van der Waals surface area contributed by atoms with Gasteiger partial charge in [-0.3, -0.25) is 4.79 Å². The maximum absolute atomic E-state index is 12.4. The lowest BCUT2D eigenvalue weighted by Crippen LogP contribution is -2.43. The summed E-state index contributed by atoms with van der Waals surface area (Å²) in [6.07, 6.45) is 3.26. The average Bonchev–Trinajstić information content (AvgIpc) is 2.45. The summed E-state index contributed by atoms with van der Waals surface area (Å²) in [6.45, 7) is 2.14. The zero-order valence-electron chi connectivity index (χ0n) is 11.7. The molecule has 0 heterocycles. The molecule has 0 aromatic heterocycles. The van der Waals surface area contributed by atoms with Crippen LogP contribution >= 0.6 is 0 Å². The molecule has 4 nitrogen and oxygen atoms in total. The van der Waals surface area contributed by atoms with E-state index in [9.17, 15) is 9.59 Å². The van der Waals surface area contributed by atoms with Gasteiger partial charge in [-0.25, -0.2) is 4.79 Å². The van der Waals surface area contributed by atoms with Gasteiger partial charge < -0.3 is 9.47 Å². The first kappa shape index (κ1) is 14.5. The zero-order valence-corrected chi connectivity index (χ0v) is 11.7. The van der Waals surface area contributed by atoms with Crippen molar-refractivity contribution in [1.29, 1.82) is 0 Å². The highest BCUT2D eigenvalue weighted by Crippen LogP contribution is 2.30. The summed E-state index contributed by atoms with van der Waals surface area (Å²) in [4.78, 5) is 24.4. The molecule has 1 aromatic rings. The topological polar surface area (TPSA) is 52.6 Å². The van der Waals surface area contributed by atoms with E-state index in [0.717, 1.165) is 0 Å². The van der Waals surface area contributed by atoms with Crippen LogP contribution in [0.1, 0.15) is 23.7 Å². The third-order valence-corrected chi connectivity index (χ3v) is 3.44. The second-order valence-corrected chi connectivity index (χ2v) is 5.18. The molecule has 2 unspecified atom stereocenters. The maximum atomic E-state index is 12.4. The Labute approximate surface area is 118 Å². The van der Waals surface area contributed by atoms with Gasteiger partial charge in [-0.2, -0.15) is 0 Å². The van der Waals surface area contributed by atoms with Crippen molar-refractivity contribution in [2.75, 3.05) is 13.7 Å². The van der Waals surface area contributed by atoms with Crippen molar-refractivity contribution < 1.29 is 19.1 Å². The third-order valence-electron chi connectivity index (χ3n) is 3.44. The van der Waals surface area contributed by atoms with E-state index in [2.05, 4.69) is 0 Å². The van der Waals surface area contributed by atoms with E-state index < -0.39 is 17.5 Å². The van der Waals surface area contributed by atoms with E-state index in [0.29, 0.717) is 18.6 Å². The summed E-state index contributed by atoms with van der Waals surface area (Å²) in [5.74, 6) is -0.610. The van der Waals surface area contributed by atoms with Gasteiger partial charge in [0.1, 0.15) is 0 Å². The minimum Gasteiger partial charge on any atom is -0.446 e. The second-order valence-electron chi connectivity index (χ2n) is 5.18. The lowest BCUT2D eigenvalue weighted by atomic mass is 9.77. The molecule has 0 fully saturated rings. The second kappa shape index (κ2) is 6.01. The summed E-state index contributed by atoms with van der Waals surface area (Å²) in [7, 11) is 1.56. The SMILES string of the molecule is COCC1(C)CC=CC(OC(=O)c2ccccc2)C1=O. The fraction of sp³-hybridized carbons (Fsp3) is 0.375. The molecule has 4 heteroatoms. The van der Waals surface area contributed by atoms with Gasteiger partial charge in [-0.1, -0.05) is 24.3 Å². The van der Waals surface area contributed by atoms with Crippen LogP contribution in [-0.2, 0) is 14.3 Å². The maximum Gasteiger partial charge on any atom is 0.339 e. The normalized spacial score (nSPS) is 25.5. The Hall–Kier alpha value is -1.94. The van der Waals surface area contributed by atoms with Crippen molar-refractivity contribution >= 4 is 11.8 Å². The van der Waals surface area contributed by atoms with E-state index >= 15 is 0 Å². The van der Waals surface area contributed by atoms with E-state index in [4.69, 9.17) is 9.47 Å². The molecule has 2 atom stereocenters. The number of carbonyl (C=O) groups excluding carboxylic acids is 2. The molecular formula is C16H18O4. The highest BCUT2D eigenvalue weighted by molar-refractivity contribution is 5.96. The lowest BCUT2D eigenvalue weighted by Gasteiger charge is -2.32. The van der Waals surface area contributed by atoms with Gasteiger partial charge in [-0.05, 0) is 31.6 Å². The minimum absolute atomic E-state index is 0.119. The van der Waals surface area contributed by atoms with Gasteiger partial charge >= 0.3 is 5.97 Å². The number of Topliss-reactive ketones (excluding diaryl/α,β-unsaturated/α-hetero) is 1. The molecule has 0 spiro atoms. The van der Waals surface area contributed by atoms with Crippen molar-refractivity contribution in [3.63, 3.8) is 0 Å². The number of esters is 1. The van der Waals surface area contributed by atoms with Crippen LogP contribution in [0.3, 0.4) is 0 Å². The lowest BCUT2D eigenvalue weighted by molar-refractivity contribution is -0.138. The molecule has 1 aromatic carbocycles. The summed E-state index contributed by atoms with van der Waals surface area (Å²) < 4.78 is 10.4. The molecule has 106 valence electrons. The van der Waals surface area contributed by atoms with Gasteiger partial charge in [0.25, 0.3) is 0 Å². The minimum atomic E-state index is -0.836. The molecule has 0 amide bonds. The van der Waals surface area contributed by atoms with Gasteiger partial charge in [0.05, 0.1) is 17.6 Å². The molecule has 1 aliphatic carbocycles. The Bertz CT molecular complexity index is 521. The monoisotopic (exact) mass is 274 g/mol. The molecule has 0 radical (unpaired) electrons. The van der Waals surface area contributed by atoms with E-state index in [1.54, 1.807) is 37.5 Å². The van der Waals surface area contributed by atoms with Gasteiger partial charge in [0, 0.05) is 7.11 Å². The first-order valence-electron chi connectivity index (χ1n) is 6.53. The predicted octanol–water partition coefficient (Wildman–Crippen LogP) is 2.39. The van der Waals surface area contributed by atoms with Crippen molar-refractivity contribution in [2.24, 2.45) is 5.41 Å². The van der Waals surface area contributed by atoms with Crippen LogP contribution in [-0.4, -0.2) is 31.6 Å². The van der Waals surface area contributed by atoms with Crippen LogP contribution in [0.5, 0.6) is 0 Å². The van der Waals surface area contributed by atoms with Gasteiger partial charge in [0.2, 0.25) is 0 Å². The molecular weight excluding hydrogens is 256 g/mol. The predicted molar refractivity (Wildman–Crippen MR) is 74.4 cm³/mol. The number of hydrogen-bond acceptors (Lipinski definition) is 4. The van der Waals surface area contributed by atoms with Crippen LogP contribution in [0.2, 0.25) is 0 Å². The van der Waals surface area contributed by atoms with E-state index in [1.807, 2.05) is 19.1 Å². The average molecular weight is 274 g/mol. The summed E-state index contributed by atoms with van der Waals surface area (Å²) in [6, 6.07) is 8.65. The van der Waals surface area contributed by atoms with Crippen LogP contribution in [0.25, 0.3) is 0 Å². The first-order chi connectivity index (χ1) is 9.57. The Morgan fingerprint density at radius 3 is 2.70 bits per heavy atom. The van der Waals surface area contributed by atoms with Gasteiger partial charge in [-0.15, -0.1) is 0 Å². The largest absolute Gasteiger partial charge is 0.446 e. The van der Waals surface area contributed by atoms with E-state index in [1.165, 1.54) is 0 Å². The molecule has 20 heavy (non-hydrogen) atoms. The number of carbonyl (C=O) groups is 2. The number of benzene rings is 1. The highest BCUT2D eigenvalue weighted by Gasteiger charge is 2.40. The Morgan fingerprint density at radius 1 is 1.35 bits per heavy atom. The molecule has 0 aliphatic heterocycles. The van der Waals surface area contributed by atoms with Crippen molar-refractivity contribution in [1.82, 2.24) is 0 Å². The number of methoxy groups -OCH3 is 1. The third kappa shape index (κ3) is 2.96. The van der Waals surface area contributed by atoms with Crippen LogP contribution in [0.4, 0.5) is 0 Å². The summed E-state index contributed by atoms with van der Waals surface area (Å²) >= 11 is 0. The number of hydrogen-bond donors (Lipinski definition) is 0. The van der Waals surface area contributed by atoms with Crippen LogP contribution in [0, 0.1) is 5.41 Å². The molecule has 2 rings (SSSR count). The molecule has 0 bridgehead atoms. The number of ether oxygens (including phenoxy) is 2. The van der Waals surface area contributed by atoms with Crippen LogP contribution in [0.15, 0.2) is 42.5 Å². The zero-order chi connectivity index (χ0) is 14.6. The van der Waals surface area contributed by atoms with Gasteiger partial charge in [0.15, 0.2) is 11.9 Å². The first-order valence-corrected chi connectivity index (χ1v) is 6.53. The van der Waals surface area contributed by atoms with E-state index in [-0.39, 0.29) is 5.78 Å². The quantitative estimate of drug-likeness (QED) is 0.625. The smallest absolute Gasteiger partial charge is 0.339 e. The molecule has 0 N–H and O–H groups in total. The number of allylic oxidation sites excluding steroid dienone is 1. The fourth-order valence-corrected chi connectivity index (χ4v) is 2.28. The standard InChI is InChI=1S/C16H18O4/c1-16(11-19-2)10-6-9-13(14(16)17)20-15(18)12-7-4-3-5-8-12/h3-9,13H,10-11H2,1-2H3. The number of rotatable bonds is 4. The van der Waals surface area contributed by atoms with Crippen molar-refractivity contribution in [2.45, 2.75) is 19.4 Å². The molecule has 0 saturated carbocycles. The van der Waals surface area contributed by atoms with Crippen molar-refractivity contribution in [3.05, 3.63) is 48.0 Å². The highest BCUT2D eigenvalue weighted by atomic mass is 16.5. The Morgan fingerprint density at radius 2 is 2.05 bits per heavy atom. The Kier molecular flexibility index (Phi) is 4.35. The summed E-state index contributed by atoms with van der Waals surface area (Å²) in [5.41, 5.74) is -0.196. The number of ketones is 1. The Balaban J connectivity index is 2.10. The van der Waals surface area contributed by atoms with Crippen molar-refractivity contribution in [3.8, 4) is 0 Å². The summed E-state index contributed by atoms with van der Waals surface area (Å²) in [5, 5.41) is 0. The fourth-order valence-electron chi connectivity index (χ4n) is 2.28.